The van der Waals surface area contributed by atoms with Crippen LogP contribution in [0.5, 0.6) is 0 Å². The maximum atomic E-state index is 12.1. The van der Waals surface area contributed by atoms with Gasteiger partial charge in [-0.25, -0.2) is 0 Å². The normalized spacial score (nSPS) is 27.6. The predicted octanol–water partition coefficient (Wildman–Crippen LogP) is -0.443. The van der Waals surface area contributed by atoms with E-state index in [0.717, 1.165) is 25.9 Å². The first-order valence-electron chi connectivity index (χ1n) is 5.96. The van der Waals surface area contributed by atoms with Gasteiger partial charge in [-0.1, -0.05) is 0 Å². The Morgan fingerprint density at radius 3 is 2.50 bits per heavy atom. The van der Waals surface area contributed by atoms with Crippen LogP contribution in [0.4, 0.5) is 0 Å². The molecule has 5 heteroatoms. The highest BCUT2D eigenvalue weighted by molar-refractivity contribution is 5.90. The van der Waals surface area contributed by atoms with Crippen molar-refractivity contribution in [1.82, 2.24) is 9.80 Å². The van der Waals surface area contributed by atoms with Crippen LogP contribution in [0.2, 0.25) is 0 Å². The first-order chi connectivity index (χ1) is 7.61. The summed E-state index contributed by atoms with van der Waals surface area (Å²) in [5.41, 5.74) is 5.64. The van der Waals surface area contributed by atoms with Crippen LogP contribution in [0, 0.1) is 0 Å². The van der Waals surface area contributed by atoms with Crippen LogP contribution in [-0.2, 0) is 9.59 Å². The second kappa shape index (κ2) is 4.41. The molecule has 2 amide bonds. The summed E-state index contributed by atoms with van der Waals surface area (Å²) >= 11 is 0. The largest absolute Gasteiger partial charge is 0.341 e. The summed E-state index contributed by atoms with van der Waals surface area (Å²) in [4.78, 5) is 27.2. The lowest BCUT2D eigenvalue weighted by Crippen LogP contribution is -2.48. The molecular formula is C11H19N3O2. The van der Waals surface area contributed by atoms with E-state index in [1.807, 2.05) is 4.90 Å². The molecule has 2 heterocycles. The molecule has 0 spiro atoms. The molecule has 5 nitrogen and oxygen atoms in total. The van der Waals surface area contributed by atoms with Gasteiger partial charge in [0.2, 0.25) is 11.8 Å². The second-order valence-electron chi connectivity index (χ2n) is 4.64. The molecule has 90 valence electrons. The van der Waals surface area contributed by atoms with Crippen molar-refractivity contribution in [2.45, 2.75) is 38.3 Å². The summed E-state index contributed by atoms with van der Waals surface area (Å²) in [6.45, 7) is 4.08. The van der Waals surface area contributed by atoms with Crippen molar-refractivity contribution in [1.29, 1.82) is 0 Å². The monoisotopic (exact) mass is 225 g/mol. The summed E-state index contributed by atoms with van der Waals surface area (Å²) in [5, 5.41) is 0. The summed E-state index contributed by atoms with van der Waals surface area (Å²) in [5.74, 6) is -0.0139. The Morgan fingerprint density at radius 2 is 2.00 bits per heavy atom. The zero-order valence-corrected chi connectivity index (χ0v) is 9.69. The van der Waals surface area contributed by atoms with E-state index >= 15 is 0 Å². The lowest BCUT2D eigenvalue weighted by Gasteiger charge is -2.27. The van der Waals surface area contributed by atoms with E-state index in [-0.39, 0.29) is 17.9 Å². The minimum absolute atomic E-state index is 0.0694. The lowest BCUT2D eigenvalue weighted by molar-refractivity contribution is -0.142. The molecule has 2 aliphatic heterocycles. The smallest absolute Gasteiger partial charge is 0.245 e. The number of nitrogens with two attached hydrogens (primary N) is 1. The number of hydrogen-bond donors (Lipinski definition) is 1. The Balaban J connectivity index is 1.98. The topological polar surface area (TPSA) is 66.6 Å². The maximum Gasteiger partial charge on any atom is 0.245 e. The lowest BCUT2D eigenvalue weighted by atomic mass is 10.2. The maximum absolute atomic E-state index is 12.1. The van der Waals surface area contributed by atoms with Gasteiger partial charge in [0.1, 0.15) is 6.04 Å². The van der Waals surface area contributed by atoms with Gasteiger partial charge in [-0.05, 0) is 26.2 Å². The van der Waals surface area contributed by atoms with Crippen LogP contribution in [0.25, 0.3) is 0 Å². The minimum atomic E-state index is -0.408. The van der Waals surface area contributed by atoms with Crippen molar-refractivity contribution in [2.24, 2.45) is 5.73 Å². The van der Waals surface area contributed by atoms with Crippen LogP contribution in [0.1, 0.15) is 26.2 Å². The number of carbonyl (C=O) groups is 2. The van der Waals surface area contributed by atoms with Gasteiger partial charge < -0.3 is 15.5 Å². The van der Waals surface area contributed by atoms with E-state index in [2.05, 4.69) is 0 Å². The van der Waals surface area contributed by atoms with E-state index in [1.165, 1.54) is 0 Å². The first-order valence-corrected chi connectivity index (χ1v) is 5.96. The van der Waals surface area contributed by atoms with E-state index in [9.17, 15) is 9.59 Å². The SMILES string of the molecule is CC(C(=O)N1CCCC1)N1CCC(N)C1=O. The third-order valence-electron chi connectivity index (χ3n) is 3.52. The van der Waals surface area contributed by atoms with Crippen molar-refractivity contribution < 1.29 is 9.59 Å². The molecule has 0 aromatic heterocycles. The fourth-order valence-corrected chi connectivity index (χ4v) is 2.44. The van der Waals surface area contributed by atoms with Crippen LogP contribution in [0.3, 0.4) is 0 Å². The second-order valence-corrected chi connectivity index (χ2v) is 4.64. The molecule has 2 unspecified atom stereocenters. The fraction of sp³-hybridized carbons (Fsp3) is 0.818. The zero-order valence-electron chi connectivity index (χ0n) is 9.69. The van der Waals surface area contributed by atoms with Gasteiger partial charge in [-0.15, -0.1) is 0 Å². The molecule has 16 heavy (non-hydrogen) atoms. The summed E-state index contributed by atoms with van der Waals surface area (Å²) in [7, 11) is 0. The summed E-state index contributed by atoms with van der Waals surface area (Å²) < 4.78 is 0. The van der Waals surface area contributed by atoms with Crippen LogP contribution < -0.4 is 5.73 Å². The molecule has 2 fully saturated rings. The van der Waals surface area contributed by atoms with Crippen molar-refractivity contribution in [3.63, 3.8) is 0 Å². The highest BCUT2D eigenvalue weighted by Crippen LogP contribution is 2.17. The van der Waals surface area contributed by atoms with Gasteiger partial charge in [0.25, 0.3) is 0 Å². The molecule has 0 saturated carbocycles. The molecule has 0 aliphatic carbocycles. The van der Waals surface area contributed by atoms with E-state index in [1.54, 1.807) is 11.8 Å². The molecule has 2 N–H and O–H groups in total. The predicted molar refractivity (Wildman–Crippen MR) is 59.6 cm³/mol. The average molecular weight is 225 g/mol. The number of carbonyl (C=O) groups excluding carboxylic acids is 2. The molecular weight excluding hydrogens is 206 g/mol. The van der Waals surface area contributed by atoms with Crippen molar-refractivity contribution >= 4 is 11.8 Å². The van der Waals surface area contributed by atoms with E-state index in [0.29, 0.717) is 13.0 Å². The van der Waals surface area contributed by atoms with Crippen LogP contribution in [0.15, 0.2) is 0 Å². The molecule has 0 aromatic carbocycles. The average Bonchev–Trinajstić information content (AvgIpc) is 2.89. The van der Waals surface area contributed by atoms with Gasteiger partial charge in [0.05, 0.1) is 6.04 Å². The van der Waals surface area contributed by atoms with Gasteiger partial charge in [-0.2, -0.15) is 0 Å². The molecule has 0 aromatic rings. The van der Waals surface area contributed by atoms with Crippen molar-refractivity contribution in [3.05, 3.63) is 0 Å². The standard InChI is InChI=1S/C11H19N3O2/c1-8(10(15)13-5-2-3-6-13)14-7-4-9(12)11(14)16/h8-9H,2-7,12H2,1H3. The highest BCUT2D eigenvalue weighted by Gasteiger charge is 2.36. The molecule has 2 aliphatic rings. The van der Waals surface area contributed by atoms with Crippen molar-refractivity contribution in [2.75, 3.05) is 19.6 Å². The number of amides is 2. The highest BCUT2D eigenvalue weighted by atomic mass is 16.2. The molecule has 0 bridgehead atoms. The van der Waals surface area contributed by atoms with Crippen LogP contribution in [-0.4, -0.2) is 53.3 Å². The third kappa shape index (κ3) is 1.91. The summed E-state index contributed by atoms with van der Waals surface area (Å²) in [6.07, 6.45) is 2.81. The molecule has 2 atom stereocenters. The zero-order chi connectivity index (χ0) is 11.7. The third-order valence-corrected chi connectivity index (χ3v) is 3.52. The van der Waals surface area contributed by atoms with Gasteiger partial charge in [-0.3, -0.25) is 9.59 Å². The number of likely N-dealkylation sites (tertiary alicyclic amines) is 2. The summed E-state index contributed by atoms with van der Waals surface area (Å²) in [6, 6.07) is -0.757. The Morgan fingerprint density at radius 1 is 1.38 bits per heavy atom. The Labute approximate surface area is 95.6 Å². The Kier molecular flexibility index (Phi) is 3.14. The molecule has 0 radical (unpaired) electrons. The number of hydrogen-bond acceptors (Lipinski definition) is 3. The Bertz CT molecular complexity index is 300. The van der Waals surface area contributed by atoms with E-state index < -0.39 is 6.04 Å². The van der Waals surface area contributed by atoms with Gasteiger partial charge >= 0.3 is 0 Å². The molecule has 2 saturated heterocycles. The van der Waals surface area contributed by atoms with Crippen molar-refractivity contribution in [3.8, 4) is 0 Å². The van der Waals surface area contributed by atoms with Gasteiger partial charge in [0.15, 0.2) is 0 Å². The Hall–Kier alpha value is -1.10. The quantitative estimate of drug-likeness (QED) is 0.692. The van der Waals surface area contributed by atoms with Gasteiger partial charge in [0, 0.05) is 19.6 Å². The van der Waals surface area contributed by atoms with E-state index in [4.69, 9.17) is 5.73 Å². The minimum Gasteiger partial charge on any atom is -0.341 e. The first kappa shape index (κ1) is 11.4. The fourth-order valence-electron chi connectivity index (χ4n) is 2.44. The molecule has 2 rings (SSSR count). The van der Waals surface area contributed by atoms with Crippen LogP contribution >= 0.6 is 0 Å². The number of nitrogens with zero attached hydrogens (tertiary/aromatic N) is 2. The number of rotatable bonds is 2.